The van der Waals surface area contributed by atoms with Crippen LogP contribution in [0.4, 0.5) is 5.69 Å². The van der Waals surface area contributed by atoms with Crippen molar-refractivity contribution in [2.24, 2.45) is 0 Å². The molecule has 0 atom stereocenters. The van der Waals surface area contributed by atoms with E-state index in [1.165, 1.54) is 29.0 Å². The second kappa shape index (κ2) is 11.6. The molecule has 0 N–H and O–H groups in total. The van der Waals surface area contributed by atoms with Crippen molar-refractivity contribution in [2.75, 3.05) is 38.2 Å². The van der Waals surface area contributed by atoms with Gasteiger partial charge in [-0.1, -0.05) is 48.5 Å². The fourth-order valence-electron chi connectivity index (χ4n) is 3.52. The molecule has 7 heteroatoms. The summed E-state index contributed by atoms with van der Waals surface area (Å²) in [4.78, 5) is 15.0. The largest absolute Gasteiger partial charge is 0.383 e. The third-order valence-corrected chi connectivity index (χ3v) is 7.27. The van der Waals surface area contributed by atoms with Crippen molar-refractivity contribution in [3.63, 3.8) is 0 Å². The number of hydrogen-bond donors (Lipinski definition) is 0. The summed E-state index contributed by atoms with van der Waals surface area (Å²) in [5, 5.41) is 0. The molecule has 0 saturated heterocycles. The number of methoxy groups -OCH3 is 1. The number of rotatable bonds is 11. The molecule has 174 valence electrons. The first kappa shape index (κ1) is 24.5. The number of sulfonamides is 1. The highest BCUT2D eigenvalue weighted by molar-refractivity contribution is 7.92. The van der Waals surface area contributed by atoms with Crippen molar-refractivity contribution in [1.82, 2.24) is 4.90 Å². The maximum atomic E-state index is 13.1. The van der Waals surface area contributed by atoms with Gasteiger partial charge in [0.15, 0.2) is 0 Å². The fraction of sp³-hybridized carbons (Fsp3) is 0.269. The Bertz CT molecular complexity index is 1120. The van der Waals surface area contributed by atoms with Gasteiger partial charge in [-0.3, -0.25) is 9.10 Å². The van der Waals surface area contributed by atoms with Crippen molar-refractivity contribution >= 4 is 21.6 Å². The normalized spacial score (nSPS) is 11.2. The summed E-state index contributed by atoms with van der Waals surface area (Å²) in [5.74, 6) is -0.138. The summed E-state index contributed by atoms with van der Waals surface area (Å²) in [6, 6.07) is 25.2. The van der Waals surface area contributed by atoms with Gasteiger partial charge in [0.2, 0.25) is 0 Å². The van der Waals surface area contributed by atoms with Crippen LogP contribution in [0.25, 0.3) is 0 Å². The number of nitrogens with zero attached hydrogens (tertiary/aromatic N) is 2. The number of carbonyl (C=O) groups is 1. The first-order chi connectivity index (χ1) is 15.9. The Morgan fingerprint density at radius 1 is 0.848 bits per heavy atom. The van der Waals surface area contributed by atoms with E-state index >= 15 is 0 Å². The molecule has 0 aliphatic heterocycles. The Labute approximate surface area is 196 Å². The van der Waals surface area contributed by atoms with Crippen LogP contribution in [0.1, 0.15) is 22.3 Å². The molecule has 6 nitrogen and oxygen atoms in total. The minimum Gasteiger partial charge on any atom is -0.383 e. The van der Waals surface area contributed by atoms with Crippen LogP contribution in [-0.4, -0.2) is 53.1 Å². The lowest BCUT2D eigenvalue weighted by atomic mass is 10.1. The molecule has 3 rings (SSSR count). The van der Waals surface area contributed by atoms with Crippen molar-refractivity contribution in [3.8, 4) is 0 Å². The Morgan fingerprint density at radius 3 is 2.06 bits per heavy atom. The summed E-state index contributed by atoms with van der Waals surface area (Å²) < 4.78 is 32.4. The van der Waals surface area contributed by atoms with Gasteiger partial charge in [-0.25, -0.2) is 8.42 Å². The molecular weight excluding hydrogens is 436 g/mol. The number of amides is 1. The second-order valence-corrected chi connectivity index (χ2v) is 9.68. The van der Waals surface area contributed by atoms with E-state index in [0.29, 0.717) is 30.9 Å². The highest BCUT2D eigenvalue weighted by Crippen LogP contribution is 2.22. The van der Waals surface area contributed by atoms with Gasteiger partial charge in [-0.05, 0) is 54.8 Å². The molecule has 0 radical (unpaired) electrons. The zero-order valence-electron chi connectivity index (χ0n) is 19.1. The smallest absolute Gasteiger partial charge is 0.264 e. The van der Waals surface area contributed by atoms with Crippen molar-refractivity contribution in [3.05, 3.63) is 96.1 Å². The van der Waals surface area contributed by atoms with Crippen LogP contribution in [-0.2, 0) is 21.2 Å². The molecule has 0 saturated carbocycles. The van der Waals surface area contributed by atoms with Crippen LogP contribution in [0.2, 0.25) is 0 Å². The topological polar surface area (TPSA) is 66.9 Å². The summed E-state index contributed by atoms with van der Waals surface area (Å²) in [5.41, 5.74) is 2.25. The average molecular weight is 467 g/mol. The van der Waals surface area contributed by atoms with Gasteiger partial charge in [-0.15, -0.1) is 0 Å². The second-order valence-electron chi connectivity index (χ2n) is 7.71. The number of anilines is 1. The van der Waals surface area contributed by atoms with E-state index in [9.17, 15) is 13.2 Å². The predicted octanol–water partition coefficient (Wildman–Crippen LogP) is 4.23. The standard InChI is InChI=1S/C26H30N2O4S/c1-27(24-13-7-4-8-14-24)33(30,31)25-17-15-23(16-18-25)26(29)28(20-21-32-2)19-9-12-22-10-5-3-6-11-22/h3-8,10-11,13-18H,9,12,19-21H2,1-2H3. The van der Waals surface area contributed by atoms with Gasteiger partial charge >= 0.3 is 0 Å². The number of benzene rings is 3. The van der Waals surface area contributed by atoms with E-state index in [4.69, 9.17) is 4.74 Å². The molecule has 0 aromatic heterocycles. The Balaban J connectivity index is 1.70. The molecule has 0 heterocycles. The maximum absolute atomic E-state index is 13.1. The van der Waals surface area contributed by atoms with Crippen LogP contribution < -0.4 is 4.31 Å². The Morgan fingerprint density at radius 2 is 1.45 bits per heavy atom. The van der Waals surface area contributed by atoms with Crippen LogP contribution >= 0.6 is 0 Å². The van der Waals surface area contributed by atoms with Crippen LogP contribution in [0.15, 0.2) is 89.8 Å². The molecule has 3 aromatic carbocycles. The van der Waals surface area contributed by atoms with Crippen LogP contribution in [0.5, 0.6) is 0 Å². The minimum atomic E-state index is -3.73. The maximum Gasteiger partial charge on any atom is 0.264 e. The van der Waals surface area contributed by atoms with Gasteiger partial charge in [0.25, 0.3) is 15.9 Å². The molecule has 0 bridgehead atoms. The molecule has 0 fully saturated rings. The molecule has 33 heavy (non-hydrogen) atoms. The highest BCUT2D eigenvalue weighted by Gasteiger charge is 2.22. The number of para-hydroxylation sites is 1. The number of carbonyl (C=O) groups excluding carboxylic acids is 1. The molecule has 0 aliphatic carbocycles. The summed E-state index contributed by atoms with van der Waals surface area (Å²) in [7, 11) is -0.602. The zero-order chi connectivity index (χ0) is 23.7. The highest BCUT2D eigenvalue weighted by atomic mass is 32.2. The number of hydrogen-bond acceptors (Lipinski definition) is 4. The van der Waals surface area contributed by atoms with Crippen LogP contribution in [0, 0.1) is 0 Å². The van der Waals surface area contributed by atoms with Crippen LogP contribution in [0.3, 0.4) is 0 Å². The van der Waals surface area contributed by atoms with E-state index in [0.717, 1.165) is 12.8 Å². The lowest BCUT2D eigenvalue weighted by Crippen LogP contribution is -2.35. The molecule has 0 unspecified atom stereocenters. The minimum absolute atomic E-state index is 0.137. The Hall–Kier alpha value is -3.16. The lowest BCUT2D eigenvalue weighted by Gasteiger charge is -2.23. The quantitative estimate of drug-likeness (QED) is 0.424. The molecular formula is C26H30N2O4S. The lowest BCUT2D eigenvalue weighted by molar-refractivity contribution is 0.0693. The summed E-state index contributed by atoms with van der Waals surface area (Å²) in [6.07, 6.45) is 1.70. The fourth-order valence-corrected chi connectivity index (χ4v) is 4.72. The SMILES string of the molecule is COCCN(CCCc1ccccc1)C(=O)c1ccc(S(=O)(=O)N(C)c2ccccc2)cc1. The van der Waals surface area contributed by atoms with Gasteiger partial charge in [-0.2, -0.15) is 0 Å². The van der Waals surface area contributed by atoms with Crippen molar-refractivity contribution in [1.29, 1.82) is 0 Å². The van der Waals surface area contributed by atoms with Gasteiger partial charge in [0.1, 0.15) is 0 Å². The predicted molar refractivity (Wildman–Crippen MR) is 131 cm³/mol. The van der Waals surface area contributed by atoms with Crippen molar-refractivity contribution < 1.29 is 17.9 Å². The van der Waals surface area contributed by atoms with Gasteiger partial charge in [0.05, 0.1) is 17.2 Å². The van der Waals surface area contributed by atoms with E-state index < -0.39 is 10.0 Å². The number of aryl methyl sites for hydroxylation is 1. The van der Waals surface area contributed by atoms with Gasteiger partial charge in [0, 0.05) is 32.8 Å². The van der Waals surface area contributed by atoms with E-state index in [1.807, 2.05) is 24.3 Å². The molecule has 1 amide bonds. The summed E-state index contributed by atoms with van der Waals surface area (Å²) >= 11 is 0. The zero-order valence-corrected chi connectivity index (χ0v) is 19.9. The van der Waals surface area contributed by atoms with Crippen molar-refractivity contribution in [2.45, 2.75) is 17.7 Å². The van der Waals surface area contributed by atoms with Gasteiger partial charge < -0.3 is 9.64 Å². The monoisotopic (exact) mass is 466 g/mol. The molecule has 3 aromatic rings. The first-order valence-corrected chi connectivity index (χ1v) is 12.3. The number of ether oxygens (including phenoxy) is 1. The molecule has 0 aliphatic rings. The average Bonchev–Trinajstić information content (AvgIpc) is 2.86. The first-order valence-electron chi connectivity index (χ1n) is 10.9. The van der Waals surface area contributed by atoms with E-state index in [-0.39, 0.29) is 10.8 Å². The third-order valence-electron chi connectivity index (χ3n) is 5.47. The Kier molecular flexibility index (Phi) is 8.63. The molecule has 0 spiro atoms. The third kappa shape index (κ3) is 6.43. The van der Waals surface area contributed by atoms with E-state index in [1.54, 1.807) is 48.4 Å². The summed E-state index contributed by atoms with van der Waals surface area (Å²) in [6.45, 7) is 1.50. The van der Waals surface area contributed by atoms with E-state index in [2.05, 4.69) is 12.1 Å².